The van der Waals surface area contributed by atoms with Gasteiger partial charge in [-0.15, -0.1) is 21.5 Å². The maximum atomic E-state index is 6.09. The highest BCUT2D eigenvalue weighted by molar-refractivity contribution is 7.16. The molecule has 102 valence electrons. The lowest BCUT2D eigenvalue weighted by molar-refractivity contribution is 1.05. The lowest BCUT2D eigenvalue weighted by atomic mass is 10.2. The van der Waals surface area contributed by atoms with Gasteiger partial charge in [0.05, 0.1) is 15.7 Å². The van der Waals surface area contributed by atoms with Crippen molar-refractivity contribution in [3.8, 4) is 0 Å². The Morgan fingerprint density at radius 3 is 2.76 bits per heavy atom. The molecule has 0 fully saturated rings. The summed E-state index contributed by atoms with van der Waals surface area (Å²) in [5.74, 6) is 0.693. The average molecular weight is 313 g/mol. The fourth-order valence-electron chi connectivity index (χ4n) is 2.23. The van der Waals surface area contributed by atoms with Crippen LogP contribution in [0.1, 0.15) is 0 Å². The molecule has 0 atom stereocenters. The molecular formula is C15H9ClN4S. The molecule has 2 aromatic carbocycles. The Morgan fingerprint density at radius 2 is 1.86 bits per heavy atom. The first-order chi connectivity index (χ1) is 10.3. The van der Waals surface area contributed by atoms with Gasteiger partial charge in [-0.05, 0) is 18.2 Å². The van der Waals surface area contributed by atoms with Gasteiger partial charge < -0.3 is 5.32 Å². The molecule has 0 saturated carbocycles. The van der Waals surface area contributed by atoms with Crippen LogP contribution >= 0.6 is 22.9 Å². The predicted molar refractivity (Wildman–Crippen MR) is 87.5 cm³/mol. The minimum absolute atomic E-state index is 0.411. The topological polar surface area (TPSA) is 50.7 Å². The van der Waals surface area contributed by atoms with Crippen molar-refractivity contribution in [2.75, 3.05) is 5.32 Å². The third-order valence-electron chi connectivity index (χ3n) is 3.24. The Balaban J connectivity index is 1.81. The molecule has 6 heteroatoms. The van der Waals surface area contributed by atoms with Crippen molar-refractivity contribution in [2.45, 2.75) is 0 Å². The number of nitrogens with zero attached hydrogens (tertiary/aromatic N) is 3. The summed E-state index contributed by atoms with van der Waals surface area (Å²) < 4.78 is 1.13. The van der Waals surface area contributed by atoms with Gasteiger partial charge in [0.2, 0.25) is 0 Å². The second-order valence-electron chi connectivity index (χ2n) is 4.54. The number of rotatable bonds is 2. The minimum Gasteiger partial charge on any atom is -0.338 e. The molecule has 4 rings (SSSR count). The van der Waals surface area contributed by atoms with Crippen molar-refractivity contribution >= 4 is 55.4 Å². The molecule has 2 aromatic heterocycles. The number of aromatic nitrogens is 3. The maximum absolute atomic E-state index is 6.09. The molecule has 0 aliphatic rings. The summed E-state index contributed by atoms with van der Waals surface area (Å²) in [5.41, 5.74) is 3.79. The number of hydrogen-bond donors (Lipinski definition) is 1. The van der Waals surface area contributed by atoms with Gasteiger partial charge in [0.25, 0.3) is 0 Å². The Labute approximate surface area is 129 Å². The van der Waals surface area contributed by atoms with Crippen molar-refractivity contribution in [3.05, 3.63) is 53.1 Å². The predicted octanol–water partition coefficient (Wildman–Crippen LogP) is 4.64. The molecule has 4 aromatic rings. The van der Waals surface area contributed by atoms with Gasteiger partial charge in [-0.3, -0.25) is 0 Å². The van der Waals surface area contributed by atoms with E-state index in [0.717, 1.165) is 26.7 Å². The molecule has 0 bridgehead atoms. The van der Waals surface area contributed by atoms with E-state index in [4.69, 9.17) is 11.6 Å². The number of anilines is 2. The Hall–Kier alpha value is -2.24. The molecular weight excluding hydrogens is 304 g/mol. The first-order valence-corrected chi connectivity index (χ1v) is 7.58. The smallest absolute Gasteiger partial charge is 0.161 e. The molecule has 1 N–H and O–H groups in total. The van der Waals surface area contributed by atoms with Gasteiger partial charge in [-0.1, -0.05) is 35.9 Å². The summed E-state index contributed by atoms with van der Waals surface area (Å²) in [6.07, 6.45) is 0. The molecule has 2 heterocycles. The third-order valence-corrected chi connectivity index (χ3v) is 4.31. The van der Waals surface area contributed by atoms with Crippen LogP contribution in [0.4, 0.5) is 11.5 Å². The molecule has 0 spiro atoms. The lowest BCUT2D eigenvalue weighted by Crippen LogP contribution is -1.97. The van der Waals surface area contributed by atoms with Crippen molar-refractivity contribution in [1.82, 2.24) is 15.2 Å². The molecule has 0 unspecified atom stereocenters. The number of fused-ring (bicyclic) bond motifs is 2. The van der Waals surface area contributed by atoms with Crippen LogP contribution in [0.5, 0.6) is 0 Å². The largest absolute Gasteiger partial charge is 0.338 e. The number of thiazole rings is 1. The van der Waals surface area contributed by atoms with E-state index in [9.17, 15) is 0 Å². The van der Waals surface area contributed by atoms with Gasteiger partial charge in [0.15, 0.2) is 11.0 Å². The Bertz CT molecular complexity index is 951. The van der Waals surface area contributed by atoms with E-state index < -0.39 is 0 Å². The van der Waals surface area contributed by atoms with Gasteiger partial charge in [0.1, 0.15) is 0 Å². The molecule has 0 amide bonds. The van der Waals surface area contributed by atoms with Crippen molar-refractivity contribution in [3.63, 3.8) is 0 Å². The van der Waals surface area contributed by atoms with Gasteiger partial charge >= 0.3 is 0 Å². The molecule has 0 aliphatic heterocycles. The zero-order valence-electron chi connectivity index (χ0n) is 10.7. The van der Waals surface area contributed by atoms with E-state index in [1.165, 1.54) is 0 Å². The Kier molecular flexibility index (Phi) is 2.94. The van der Waals surface area contributed by atoms with E-state index in [-0.39, 0.29) is 0 Å². The summed E-state index contributed by atoms with van der Waals surface area (Å²) in [4.78, 5) is 4.27. The zero-order valence-corrected chi connectivity index (χ0v) is 12.3. The molecule has 0 aliphatic carbocycles. The summed E-state index contributed by atoms with van der Waals surface area (Å²) >= 11 is 7.70. The van der Waals surface area contributed by atoms with Crippen LogP contribution in [0.2, 0.25) is 5.15 Å². The van der Waals surface area contributed by atoms with Gasteiger partial charge in [-0.25, -0.2) is 4.98 Å². The SMILES string of the molecule is Clc1nnc(Nc2ccc3ncsc3c2)c2ccccc12. The molecule has 0 radical (unpaired) electrons. The monoisotopic (exact) mass is 312 g/mol. The number of halogens is 1. The van der Waals surface area contributed by atoms with Crippen LogP contribution in [0.3, 0.4) is 0 Å². The summed E-state index contributed by atoms with van der Waals surface area (Å²) in [6, 6.07) is 13.8. The third kappa shape index (κ3) is 2.20. The minimum atomic E-state index is 0.411. The quantitative estimate of drug-likeness (QED) is 0.586. The van der Waals surface area contributed by atoms with E-state index in [2.05, 4.69) is 26.6 Å². The number of nitrogens with one attached hydrogen (secondary N) is 1. The van der Waals surface area contributed by atoms with Crippen molar-refractivity contribution < 1.29 is 0 Å². The standard InChI is InChI=1S/C15H9ClN4S/c16-14-10-3-1-2-4-11(10)15(20-19-14)18-9-5-6-12-13(7-9)21-8-17-12/h1-8H,(H,18,20). The first-order valence-electron chi connectivity index (χ1n) is 6.32. The van der Waals surface area contributed by atoms with Crippen LogP contribution in [0.15, 0.2) is 48.0 Å². The fourth-order valence-corrected chi connectivity index (χ4v) is 3.15. The molecule has 0 saturated heterocycles. The number of hydrogen-bond acceptors (Lipinski definition) is 5. The van der Waals surface area contributed by atoms with E-state index in [1.54, 1.807) is 11.3 Å². The van der Waals surface area contributed by atoms with Gasteiger partial charge in [-0.2, -0.15) is 0 Å². The van der Waals surface area contributed by atoms with Crippen molar-refractivity contribution in [2.24, 2.45) is 0 Å². The Morgan fingerprint density at radius 1 is 1.00 bits per heavy atom. The van der Waals surface area contributed by atoms with Crippen LogP contribution in [-0.4, -0.2) is 15.2 Å². The van der Waals surface area contributed by atoms with Crippen LogP contribution in [0.25, 0.3) is 21.0 Å². The van der Waals surface area contributed by atoms with Crippen LogP contribution in [0, 0.1) is 0 Å². The lowest BCUT2D eigenvalue weighted by Gasteiger charge is -2.08. The highest BCUT2D eigenvalue weighted by Gasteiger charge is 2.08. The van der Waals surface area contributed by atoms with E-state index in [1.807, 2.05) is 41.9 Å². The highest BCUT2D eigenvalue weighted by Crippen LogP contribution is 2.29. The maximum Gasteiger partial charge on any atom is 0.161 e. The first kappa shape index (κ1) is 12.5. The van der Waals surface area contributed by atoms with Crippen LogP contribution in [-0.2, 0) is 0 Å². The molecule has 4 nitrogen and oxygen atoms in total. The highest BCUT2D eigenvalue weighted by atomic mass is 35.5. The van der Waals surface area contributed by atoms with E-state index >= 15 is 0 Å². The summed E-state index contributed by atoms with van der Waals surface area (Å²) in [6.45, 7) is 0. The summed E-state index contributed by atoms with van der Waals surface area (Å²) in [5, 5.41) is 13.7. The van der Waals surface area contributed by atoms with Crippen LogP contribution < -0.4 is 5.32 Å². The second kappa shape index (κ2) is 4.95. The second-order valence-corrected chi connectivity index (χ2v) is 5.79. The summed E-state index contributed by atoms with van der Waals surface area (Å²) in [7, 11) is 0. The van der Waals surface area contributed by atoms with Gasteiger partial charge in [0, 0.05) is 16.5 Å². The normalized spacial score (nSPS) is 11.1. The van der Waals surface area contributed by atoms with E-state index in [0.29, 0.717) is 11.0 Å². The fraction of sp³-hybridized carbons (Fsp3) is 0. The molecule has 21 heavy (non-hydrogen) atoms. The number of benzene rings is 2. The zero-order chi connectivity index (χ0) is 14.2. The van der Waals surface area contributed by atoms with Crippen molar-refractivity contribution in [1.29, 1.82) is 0 Å². The average Bonchev–Trinajstić information content (AvgIpc) is 2.98.